The summed E-state index contributed by atoms with van der Waals surface area (Å²) in [4.78, 5) is 3.46. The monoisotopic (exact) mass is 325 g/mol. The predicted molar refractivity (Wildman–Crippen MR) is 87.8 cm³/mol. The fourth-order valence-electron chi connectivity index (χ4n) is 3.05. The van der Waals surface area contributed by atoms with Gasteiger partial charge in [0.2, 0.25) is 0 Å². The van der Waals surface area contributed by atoms with E-state index in [0.717, 1.165) is 16.3 Å². The van der Waals surface area contributed by atoms with Crippen molar-refractivity contribution in [2.75, 3.05) is 25.5 Å². The summed E-state index contributed by atoms with van der Waals surface area (Å²) in [5.74, 6) is -0.432. The molecule has 2 aliphatic heterocycles. The van der Waals surface area contributed by atoms with Gasteiger partial charge in [-0.15, -0.1) is 11.3 Å². The van der Waals surface area contributed by atoms with E-state index < -0.39 is 5.92 Å². The third-order valence-corrected chi connectivity index (χ3v) is 5.34. The summed E-state index contributed by atoms with van der Waals surface area (Å²) in [6, 6.07) is 6.29. The van der Waals surface area contributed by atoms with Crippen molar-refractivity contribution in [1.29, 1.82) is 15.9 Å². The number of nitrogens with zero attached hydrogens (tertiary/aromatic N) is 3. The lowest BCUT2D eigenvalue weighted by atomic mass is 9.84. The average molecular weight is 325 g/mol. The van der Waals surface area contributed by atoms with Crippen LogP contribution in [-0.2, 0) is 4.74 Å². The number of nitrogen functional groups attached to an aromatic ring is 1. The number of allylic oxidation sites excluding steroid dienone is 3. The molecule has 0 radical (unpaired) electrons. The fraction of sp³-hybridized carbons (Fsp3) is 0.312. The maximum Gasteiger partial charge on any atom is 0.0977 e. The molecule has 2 aliphatic rings. The lowest BCUT2D eigenvalue weighted by molar-refractivity contribution is 0.0836. The number of nitriles is 2. The smallest absolute Gasteiger partial charge is 0.0977 e. The number of thiophene rings is 1. The minimum atomic E-state index is -0.432. The number of fused-ring (bicyclic) bond motifs is 1. The number of nitrogens with two attached hydrogens (primary N) is 1. The van der Waals surface area contributed by atoms with Crippen LogP contribution in [0.5, 0.6) is 0 Å². The Kier molecular flexibility index (Phi) is 3.91. The van der Waals surface area contributed by atoms with Gasteiger partial charge in [0.1, 0.15) is 0 Å². The number of anilines is 1. The first-order valence-corrected chi connectivity index (χ1v) is 7.93. The van der Waals surface area contributed by atoms with Gasteiger partial charge in [0.15, 0.2) is 0 Å². The minimum Gasteiger partial charge on any atom is -0.398 e. The van der Waals surface area contributed by atoms with Gasteiger partial charge in [0.05, 0.1) is 58.7 Å². The van der Waals surface area contributed by atoms with Gasteiger partial charge in [-0.3, -0.25) is 0 Å². The highest BCUT2D eigenvalue weighted by atomic mass is 32.1. The van der Waals surface area contributed by atoms with Crippen LogP contribution in [0.1, 0.15) is 22.6 Å². The van der Waals surface area contributed by atoms with Crippen molar-refractivity contribution in [3.63, 3.8) is 0 Å². The Morgan fingerprint density at radius 3 is 2.78 bits per heavy atom. The molecule has 1 aromatic heterocycles. The van der Waals surface area contributed by atoms with E-state index in [2.05, 4.69) is 12.1 Å². The fourth-order valence-corrected chi connectivity index (χ4v) is 4.08. The van der Waals surface area contributed by atoms with Gasteiger partial charge in [-0.1, -0.05) is 0 Å². The van der Waals surface area contributed by atoms with E-state index in [1.807, 2.05) is 11.8 Å². The largest absolute Gasteiger partial charge is 0.398 e. The summed E-state index contributed by atoms with van der Waals surface area (Å²) in [6.07, 6.45) is 1.20. The Bertz CT molecular complexity index is 821. The zero-order valence-corrected chi connectivity index (χ0v) is 13.4. The molecule has 1 atom stereocenters. The van der Waals surface area contributed by atoms with Crippen LogP contribution in [0.2, 0.25) is 0 Å². The van der Waals surface area contributed by atoms with Crippen molar-refractivity contribution in [3.05, 3.63) is 38.4 Å². The third-order valence-electron chi connectivity index (χ3n) is 4.17. The molecule has 0 saturated carbocycles. The Labute approximate surface area is 138 Å². The molecule has 6 nitrogen and oxygen atoms in total. The van der Waals surface area contributed by atoms with Gasteiger partial charge in [-0.05, 0) is 13.0 Å². The van der Waals surface area contributed by atoms with Crippen LogP contribution in [0.25, 0.3) is 0 Å². The molecule has 0 amide bonds. The number of hydrogen-bond donors (Lipinski definition) is 2. The molecule has 0 aliphatic carbocycles. The highest BCUT2D eigenvalue weighted by molar-refractivity contribution is 7.14. The highest BCUT2D eigenvalue weighted by Gasteiger charge is 2.37. The van der Waals surface area contributed by atoms with Crippen molar-refractivity contribution in [2.45, 2.75) is 12.8 Å². The summed E-state index contributed by atoms with van der Waals surface area (Å²) in [5, 5.41) is 26.8. The van der Waals surface area contributed by atoms with Crippen molar-refractivity contribution in [3.8, 4) is 12.1 Å². The molecule has 1 fully saturated rings. The molecule has 116 valence electrons. The third kappa shape index (κ3) is 2.31. The second-order valence-corrected chi connectivity index (χ2v) is 6.45. The second-order valence-electron chi connectivity index (χ2n) is 5.33. The van der Waals surface area contributed by atoms with Crippen LogP contribution in [0, 0.1) is 28.1 Å². The molecule has 3 N–H and O–H groups in total. The van der Waals surface area contributed by atoms with E-state index in [4.69, 9.17) is 15.9 Å². The van der Waals surface area contributed by atoms with Crippen LogP contribution < -0.4 is 5.73 Å². The molecule has 1 saturated heterocycles. The highest BCUT2D eigenvalue weighted by Crippen LogP contribution is 2.45. The van der Waals surface area contributed by atoms with Gasteiger partial charge in [-0.25, -0.2) is 0 Å². The molecule has 0 bridgehead atoms. The molecular weight excluding hydrogens is 310 g/mol. The van der Waals surface area contributed by atoms with Gasteiger partial charge in [-0.2, -0.15) is 10.5 Å². The van der Waals surface area contributed by atoms with Crippen LogP contribution >= 0.6 is 11.3 Å². The van der Waals surface area contributed by atoms with E-state index >= 15 is 0 Å². The molecule has 3 rings (SSSR count). The maximum atomic E-state index is 9.70. The Hall–Kier alpha value is -2.61. The molecule has 3 heterocycles. The maximum absolute atomic E-state index is 9.70. The van der Waals surface area contributed by atoms with E-state index in [9.17, 15) is 10.5 Å². The molecule has 1 aromatic rings. The molecule has 0 spiro atoms. The molecule has 23 heavy (non-hydrogen) atoms. The van der Waals surface area contributed by atoms with Gasteiger partial charge in [0.25, 0.3) is 0 Å². The van der Waals surface area contributed by atoms with Crippen LogP contribution in [0.3, 0.4) is 0 Å². The van der Waals surface area contributed by atoms with Gasteiger partial charge in [0, 0.05) is 23.3 Å². The summed E-state index contributed by atoms with van der Waals surface area (Å²) >= 11 is 1.35. The van der Waals surface area contributed by atoms with E-state index in [1.54, 1.807) is 6.07 Å². The SMILES string of the molecule is CC1=C(C#N)C(c2cc(N)c(C=N)s2)C(C#N)=C2COCCN12. The zero-order chi connectivity index (χ0) is 16.6. The van der Waals surface area contributed by atoms with Crippen LogP contribution in [0.15, 0.2) is 28.6 Å². The number of rotatable bonds is 2. The van der Waals surface area contributed by atoms with E-state index in [-0.39, 0.29) is 0 Å². The van der Waals surface area contributed by atoms with Crippen LogP contribution in [-0.4, -0.2) is 30.9 Å². The number of morpholine rings is 1. The van der Waals surface area contributed by atoms with E-state index in [0.29, 0.717) is 41.5 Å². The minimum absolute atomic E-state index is 0.369. The number of hydrogen-bond acceptors (Lipinski definition) is 7. The number of nitrogens with one attached hydrogen (secondary N) is 1. The topological polar surface area (TPSA) is 110 Å². The van der Waals surface area contributed by atoms with Crippen molar-refractivity contribution >= 4 is 23.2 Å². The first-order valence-electron chi connectivity index (χ1n) is 7.11. The lowest BCUT2D eigenvalue weighted by Gasteiger charge is -2.39. The molecular formula is C16H15N5OS. The van der Waals surface area contributed by atoms with Crippen molar-refractivity contribution < 1.29 is 4.74 Å². The lowest BCUT2D eigenvalue weighted by Crippen LogP contribution is -2.38. The van der Waals surface area contributed by atoms with Gasteiger partial charge >= 0.3 is 0 Å². The number of ether oxygens (including phenoxy) is 1. The normalized spacial score (nSPS) is 20.8. The quantitative estimate of drug-likeness (QED) is 0.811. The molecule has 7 heteroatoms. The Morgan fingerprint density at radius 2 is 2.17 bits per heavy atom. The summed E-state index contributed by atoms with van der Waals surface area (Å²) in [7, 11) is 0. The van der Waals surface area contributed by atoms with Crippen LogP contribution in [0.4, 0.5) is 5.69 Å². The summed E-state index contributed by atoms with van der Waals surface area (Å²) < 4.78 is 5.51. The molecule has 1 unspecified atom stereocenters. The Morgan fingerprint density at radius 1 is 1.43 bits per heavy atom. The second kappa shape index (κ2) is 5.88. The standard InChI is InChI=1S/C16H15N5OS/c1-9-10(5-17)16(14-4-12(20)15(7-19)23-14)11(6-18)13-8-22-3-2-21(9)13/h4,7,16,19H,2-3,8,20H2,1H3. The van der Waals surface area contributed by atoms with Gasteiger partial charge < -0.3 is 20.8 Å². The first kappa shape index (κ1) is 15.3. The Balaban J connectivity index is 2.21. The van der Waals surface area contributed by atoms with E-state index in [1.165, 1.54) is 17.6 Å². The first-order chi connectivity index (χ1) is 11.1. The van der Waals surface area contributed by atoms with Crippen molar-refractivity contribution in [2.24, 2.45) is 0 Å². The van der Waals surface area contributed by atoms with Crippen molar-refractivity contribution in [1.82, 2.24) is 4.90 Å². The summed E-state index contributed by atoms with van der Waals surface area (Å²) in [6.45, 7) is 3.49. The molecule has 0 aromatic carbocycles. The summed E-state index contributed by atoms with van der Waals surface area (Å²) in [5.41, 5.74) is 9.20. The average Bonchev–Trinajstić information content (AvgIpc) is 2.95. The zero-order valence-electron chi connectivity index (χ0n) is 12.6. The predicted octanol–water partition coefficient (Wildman–Crippen LogP) is 2.33.